The van der Waals surface area contributed by atoms with Crippen molar-refractivity contribution in [3.8, 4) is 11.5 Å². The van der Waals surface area contributed by atoms with Crippen LogP contribution in [0, 0.1) is 0 Å². The van der Waals surface area contributed by atoms with Gasteiger partial charge in [0.2, 0.25) is 0 Å². The molecule has 0 bridgehead atoms. The number of phenolic OH excluding ortho intramolecular Hbond substituents is 1. The minimum absolute atomic E-state index is 0.0134. The van der Waals surface area contributed by atoms with Crippen molar-refractivity contribution in [2.24, 2.45) is 5.10 Å². The van der Waals surface area contributed by atoms with Gasteiger partial charge in [-0.25, -0.2) is 0 Å². The Bertz CT molecular complexity index is 497. The van der Waals surface area contributed by atoms with E-state index in [0.29, 0.717) is 29.6 Å². The van der Waals surface area contributed by atoms with E-state index in [-0.39, 0.29) is 5.75 Å². The van der Waals surface area contributed by atoms with Crippen LogP contribution >= 0.6 is 28.1 Å². The van der Waals surface area contributed by atoms with Gasteiger partial charge in [0, 0.05) is 23.7 Å². The molecule has 0 aliphatic carbocycles. The molecule has 1 aromatic rings. The molecule has 0 aliphatic heterocycles. The van der Waals surface area contributed by atoms with E-state index in [9.17, 15) is 5.11 Å². The first-order valence-corrected chi connectivity index (χ1v) is 6.91. The second-order valence-electron chi connectivity index (χ2n) is 3.66. The number of hydrogen-bond acceptors (Lipinski definition) is 5. The highest BCUT2D eigenvalue weighted by molar-refractivity contribution is 9.10. The van der Waals surface area contributed by atoms with Crippen LogP contribution in [-0.2, 0) is 4.74 Å². The maximum absolute atomic E-state index is 9.92. The highest BCUT2D eigenvalue weighted by Gasteiger charge is 2.07. The summed E-state index contributed by atoms with van der Waals surface area (Å²) in [6.45, 7) is 1.14. The fraction of sp³-hybridized carbons (Fsp3) is 0.333. The molecule has 0 heterocycles. The van der Waals surface area contributed by atoms with E-state index in [1.54, 1.807) is 19.2 Å². The van der Waals surface area contributed by atoms with Crippen molar-refractivity contribution in [2.75, 3.05) is 27.4 Å². The SMILES string of the molecule is COCCNC(=S)N/N=C/c1cc(Br)cc(OC)c1O. The maximum Gasteiger partial charge on any atom is 0.187 e. The van der Waals surface area contributed by atoms with E-state index in [1.807, 2.05) is 0 Å². The first kappa shape index (κ1) is 16.7. The summed E-state index contributed by atoms with van der Waals surface area (Å²) in [5.41, 5.74) is 3.14. The van der Waals surface area contributed by atoms with Gasteiger partial charge in [-0.05, 0) is 24.4 Å². The Balaban J connectivity index is 2.62. The van der Waals surface area contributed by atoms with Gasteiger partial charge in [0.25, 0.3) is 0 Å². The first-order valence-electron chi connectivity index (χ1n) is 5.70. The lowest BCUT2D eigenvalue weighted by Crippen LogP contribution is -2.34. The van der Waals surface area contributed by atoms with Gasteiger partial charge >= 0.3 is 0 Å². The Morgan fingerprint density at radius 3 is 2.90 bits per heavy atom. The summed E-state index contributed by atoms with van der Waals surface area (Å²) in [4.78, 5) is 0. The first-order chi connectivity index (χ1) is 9.58. The number of nitrogens with zero attached hydrogens (tertiary/aromatic N) is 1. The standard InChI is InChI=1S/C12H16BrN3O3S/c1-18-4-3-14-12(20)16-15-7-8-5-9(13)6-10(19-2)11(8)17/h5-7,17H,3-4H2,1-2H3,(H2,14,16,20)/b15-7+. The molecule has 20 heavy (non-hydrogen) atoms. The van der Waals surface area contributed by atoms with E-state index in [1.165, 1.54) is 13.3 Å². The predicted molar refractivity (Wildman–Crippen MR) is 85.6 cm³/mol. The fourth-order valence-electron chi connectivity index (χ4n) is 1.32. The number of aromatic hydroxyl groups is 1. The third kappa shape index (κ3) is 5.32. The van der Waals surface area contributed by atoms with E-state index in [2.05, 4.69) is 31.8 Å². The van der Waals surface area contributed by atoms with Crippen molar-refractivity contribution < 1.29 is 14.6 Å². The molecule has 0 fully saturated rings. The van der Waals surface area contributed by atoms with E-state index >= 15 is 0 Å². The largest absolute Gasteiger partial charge is 0.504 e. The number of halogens is 1. The van der Waals surface area contributed by atoms with Crippen LogP contribution in [0.25, 0.3) is 0 Å². The highest BCUT2D eigenvalue weighted by Crippen LogP contribution is 2.32. The van der Waals surface area contributed by atoms with Crippen LogP contribution in [0.15, 0.2) is 21.7 Å². The molecule has 0 atom stereocenters. The van der Waals surface area contributed by atoms with Gasteiger partial charge < -0.3 is 19.9 Å². The van der Waals surface area contributed by atoms with Gasteiger partial charge in [-0.15, -0.1) is 0 Å². The summed E-state index contributed by atoms with van der Waals surface area (Å²) in [7, 11) is 3.09. The molecule has 0 aromatic heterocycles. The molecule has 0 aliphatic rings. The van der Waals surface area contributed by atoms with Crippen LogP contribution in [0.5, 0.6) is 11.5 Å². The third-order valence-electron chi connectivity index (χ3n) is 2.25. The van der Waals surface area contributed by atoms with Crippen molar-refractivity contribution >= 4 is 39.5 Å². The van der Waals surface area contributed by atoms with Crippen LogP contribution in [-0.4, -0.2) is 43.8 Å². The smallest absolute Gasteiger partial charge is 0.187 e. The average Bonchev–Trinajstić information content (AvgIpc) is 2.42. The second kappa shape index (κ2) is 8.72. The second-order valence-corrected chi connectivity index (χ2v) is 4.99. The molecule has 0 saturated carbocycles. The number of rotatable bonds is 6. The number of nitrogens with one attached hydrogen (secondary N) is 2. The predicted octanol–water partition coefficient (Wildman–Crippen LogP) is 1.61. The molecular weight excluding hydrogens is 346 g/mol. The van der Waals surface area contributed by atoms with Crippen molar-refractivity contribution in [3.05, 3.63) is 22.2 Å². The summed E-state index contributed by atoms with van der Waals surface area (Å²) in [6, 6.07) is 3.38. The summed E-state index contributed by atoms with van der Waals surface area (Å²) in [6.07, 6.45) is 1.45. The van der Waals surface area contributed by atoms with Crippen LogP contribution in [0.4, 0.5) is 0 Å². The average molecular weight is 362 g/mol. The Morgan fingerprint density at radius 1 is 1.50 bits per heavy atom. The molecule has 0 saturated heterocycles. The quantitative estimate of drug-likeness (QED) is 0.309. The lowest BCUT2D eigenvalue weighted by atomic mass is 10.2. The van der Waals surface area contributed by atoms with Gasteiger partial charge in [0.15, 0.2) is 16.6 Å². The molecule has 8 heteroatoms. The maximum atomic E-state index is 9.92. The zero-order chi connectivity index (χ0) is 15.0. The Kier molecular flexibility index (Phi) is 7.27. The summed E-state index contributed by atoms with van der Waals surface area (Å²) in [5, 5.41) is 17.1. The van der Waals surface area contributed by atoms with Crippen LogP contribution < -0.4 is 15.5 Å². The Hall–Kier alpha value is -1.38. The van der Waals surface area contributed by atoms with Gasteiger partial charge in [0.05, 0.1) is 19.9 Å². The minimum Gasteiger partial charge on any atom is -0.504 e. The topological polar surface area (TPSA) is 75.1 Å². The minimum atomic E-state index is 0.0134. The summed E-state index contributed by atoms with van der Waals surface area (Å²) >= 11 is 8.33. The number of methoxy groups -OCH3 is 2. The van der Waals surface area contributed by atoms with Crippen molar-refractivity contribution in [3.63, 3.8) is 0 Å². The number of benzene rings is 1. The molecule has 0 amide bonds. The lowest BCUT2D eigenvalue weighted by molar-refractivity contribution is 0.204. The lowest BCUT2D eigenvalue weighted by Gasteiger charge is -2.08. The molecule has 0 spiro atoms. The number of phenols is 1. The molecule has 6 nitrogen and oxygen atoms in total. The van der Waals surface area contributed by atoms with Crippen LogP contribution in [0.3, 0.4) is 0 Å². The van der Waals surface area contributed by atoms with Crippen molar-refractivity contribution in [1.82, 2.24) is 10.7 Å². The van der Waals surface area contributed by atoms with Gasteiger partial charge in [-0.3, -0.25) is 5.43 Å². The molecular formula is C12H16BrN3O3S. The van der Waals surface area contributed by atoms with E-state index < -0.39 is 0 Å². The molecule has 1 aromatic carbocycles. The number of hydrazone groups is 1. The number of thiocarbonyl (C=S) groups is 1. The highest BCUT2D eigenvalue weighted by atomic mass is 79.9. The van der Waals surface area contributed by atoms with Gasteiger partial charge in [-0.2, -0.15) is 5.10 Å². The van der Waals surface area contributed by atoms with Crippen molar-refractivity contribution in [1.29, 1.82) is 0 Å². The molecule has 110 valence electrons. The normalized spacial score (nSPS) is 10.6. The van der Waals surface area contributed by atoms with Crippen LogP contribution in [0.2, 0.25) is 0 Å². The zero-order valence-electron chi connectivity index (χ0n) is 11.1. The summed E-state index contributed by atoms with van der Waals surface area (Å²) in [5.74, 6) is 0.376. The van der Waals surface area contributed by atoms with Crippen molar-refractivity contribution in [2.45, 2.75) is 0 Å². The number of ether oxygens (including phenoxy) is 2. The van der Waals surface area contributed by atoms with Gasteiger partial charge in [0.1, 0.15) is 0 Å². The monoisotopic (exact) mass is 361 g/mol. The zero-order valence-corrected chi connectivity index (χ0v) is 13.5. The molecule has 0 unspecified atom stereocenters. The van der Waals surface area contributed by atoms with Gasteiger partial charge in [-0.1, -0.05) is 15.9 Å². The van der Waals surface area contributed by atoms with Crippen LogP contribution in [0.1, 0.15) is 5.56 Å². The third-order valence-corrected chi connectivity index (χ3v) is 2.94. The molecule has 0 radical (unpaired) electrons. The Labute approximate surface area is 131 Å². The summed E-state index contributed by atoms with van der Waals surface area (Å²) < 4.78 is 10.7. The molecule has 3 N–H and O–H groups in total. The Morgan fingerprint density at radius 2 is 2.25 bits per heavy atom. The fourth-order valence-corrected chi connectivity index (χ4v) is 1.92. The number of hydrogen-bond donors (Lipinski definition) is 3. The van der Waals surface area contributed by atoms with E-state index in [0.717, 1.165) is 4.47 Å². The van der Waals surface area contributed by atoms with E-state index in [4.69, 9.17) is 21.7 Å². The molecule has 1 rings (SSSR count).